The van der Waals surface area contributed by atoms with E-state index in [9.17, 15) is 4.79 Å². The van der Waals surface area contributed by atoms with Crippen molar-refractivity contribution in [3.05, 3.63) is 18.7 Å². The van der Waals surface area contributed by atoms with E-state index >= 15 is 0 Å². The number of carbonyl (C=O) groups excluding carboxylic acids is 1. The van der Waals surface area contributed by atoms with Crippen molar-refractivity contribution < 1.29 is 22.8 Å². The first-order valence-corrected chi connectivity index (χ1v) is 10.6. The Morgan fingerprint density at radius 3 is 2.36 bits per heavy atom. The molecule has 0 amide bonds. The zero-order valence-corrected chi connectivity index (χ0v) is 17.3. The molecule has 0 bridgehead atoms. The Morgan fingerprint density at radius 2 is 1.88 bits per heavy atom. The molecule has 0 aliphatic rings. The number of hydrogen-bond donors (Lipinski definition) is 0. The molecule has 144 valence electrons. The highest BCUT2D eigenvalue weighted by atomic mass is 28.4. The summed E-state index contributed by atoms with van der Waals surface area (Å²) in [6.45, 7) is 6.28. The van der Waals surface area contributed by atoms with Crippen LogP contribution < -0.4 is 0 Å². The molecule has 1 aromatic heterocycles. The van der Waals surface area contributed by atoms with Gasteiger partial charge in [0.1, 0.15) is 0 Å². The predicted octanol–water partition coefficient (Wildman–Crippen LogP) is 3.06. The van der Waals surface area contributed by atoms with Crippen molar-refractivity contribution in [1.29, 1.82) is 0 Å². The summed E-state index contributed by atoms with van der Waals surface area (Å²) in [5.41, 5.74) is -0.566. The number of ether oxygens (including phenoxy) is 1. The van der Waals surface area contributed by atoms with Crippen molar-refractivity contribution >= 4 is 14.8 Å². The van der Waals surface area contributed by atoms with Crippen LogP contribution in [0.2, 0.25) is 6.04 Å². The van der Waals surface area contributed by atoms with Gasteiger partial charge in [-0.05, 0) is 33.1 Å². The maximum atomic E-state index is 12.5. The third-order valence-corrected chi connectivity index (χ3v) is 7.34. The second-order valence-electron chi connectivity index (χ2n) is 6.69. The fourth-order valence-corrected chi connectivity index (χ4v) is 4.51. The van der Waals surface area contributed by atoms with Gasteiger partial charge in [-0.15, -0.1) is 0 Å². The van der Waals surface area contributed by atoms with Gasteiger partial charge in [0.05, 0.1) is 18.3 Å². The molecule has 1 unspecified atom stereocenters. The standard InChI is InChI=1S/C17H32N2O5Si/c1-7-15(19-10-9-18-14-19)13-17(2,3)16(20)24-11-8-12-25(21-4,22-5)23-6/h9-10,14-15H,7-8,11-13H2,1-6H3. The number of imidazole rings is 1. The number of nitrogens with zero attached hydrogens (tertiary/aromatic N) is 2. The predicted molar refractivity (Wildman–Crippen MR) is 97.1 cm³/mol. The van der Waals surface area contributed by atoms with Gasteiger partial charge < -0.3 is 22.6 Å². The Hall–Kier alpha value is -1.22. The third kappa shape index (κ3) is 6.21. The molecule has 0 spiro atoms. The second-order valence-corrected chi connectivity index (χ2v) is 9.79. The van der Waals surface area contributed by atoms with Gasteiger partial charge in [-0.25, -0.2) is 4.98 Å². The van der Waals surface area contributed by atoms with E-state index in [4.69, 9.17) is 18.0 Å². The van der Waals surface area contributed by atoms with Gasteiger partial charge >= 0.3 is 14.8 Å². The number of rotatable bonds is 12. The lowest BCUT2D eigenvalue weighted by atomic mass is 9.85. The number of aromatic nitrogens is 2. The van der Waals surface area contributed by atoms with Gasteiger partial charge in [-0.1, -0.05) is 6.92 Å². The van der Waals surface area contributed by atoms with Crippen molar-refractivity contribution in [3.8, 4) is 0 Å². The van der Waals surface area contributed by atoms with E-state index in [1.54, 1.807) is 33.9 Å². The molecule has 0 saturated heterocycles. The fourth-order valence-electron chi connectivity index (χ4n) is 2.82. The summed E-state index contributed by atoms with van der Waals surface area (Å²) in [6.07, 6.45) is 7.75. The van der Waals surface area contributed by atoms with Crippen LogP contribution in [-0.2, 0) is 22.8 Å². The average molecular weight is 373 g/mol. The van der Waals surface area contributed by atoms with E-state index in [0.717, 1.165) is 6.42 Å². The summed E-state index contributed by atoms with van der Waals surface area (Å²) in [4.78, 5) is 16.6. The van der Waals surface area contributed by atoms with E-state index < -0.39 is 14.2 Å². The molecule has 1 heterocycles. The molecule has 8 heteroatoms. The monoisotopic (exact) mass is 372 g/mol. The number of esters is 1. The lowest BCUT2D eigenvalue weighted by molar-refractivity contribution is -0.155. The topological polar surface area (TPSA) is 71.8 Å². The smallest absolute Gasteiger partial charge is 0.465 e. The van der Waals surface area contributed by atoms with Crippen molar-refractivity contribution in [1.82, 2.24) is 9.55 Å². The maximum Gasteiger partial charge on any atom is 0.500 e. The Labute approximate surface area is 152 Å². The molecule has 0 aliphatic carbocycles. The van der Waals surface area contributed by atoms with Crippen molar-refractivity contribution in [3.63, 3.8) is 0 Å². The lowest BCUT2D eigenvalue weighted by Gasteiger charge is -2.28. The number of hydrogen-bond acceptors (Lipinski definition) is 6. The van der Waals surface area contributed by atoms with Crippen LogP contribution in [0.5, 0.6) is 0 Å². The molecule has 1 rings (SSSR count). The minimum Gasteiger partial charge on any atom is -0.465 e. The maximum absolute atomic E-state index is 12.5. The van der Waals surface area contributed by atoms with Gasteiger partial charge in [0.25, 0.3) is 0 Å². The quantitative estimate of drug-likeness (QED) is 0.319. The van der Waals surface area contributed by atoms with Crippen LogP contribution >= 0.6 is 0 Å². The average Bonchev–Trinajstić information content (AvgIpc) is 3.14. The van der Waals surface area contributed by atoms with Gasteiger partial charge in [-0.2, -0.15) is 0 Å². The first kappa shape index (κ1) is 21.8. The fraction of sp³-hybridized carbons (Fsp3) is 0.765. The summed E-state index contributed by atoms with van der Waals surface area (Å²) in [5, 5.41) is 0. The Bertz CT molecular complexity index is 495. The van der Waals surface area contributed by atoms with Crippen LogP contribution in [0.25, 0.3) is 0 Å². The molecule has 7 nitrogen and oxygen atoms in total. The van der Waals surface area contributed by atoms with E-state index in [1.807, 2.05) is 24.6 Å². The van der Waals surface area contributed by atoms with Gasteiger partial charge in [0, 0.05) is 45.8 Å². The van der Waals surface area contributed by atoms with Crippen molar-refractivity contribution in [2.24, 2.45) is 5.41 Å². The third-order valence-electron chi connectivity index (χ3n) is 4.51. The SMILES string of the molecule is CCC(CC(C)(C)C(=O)OCCC[Si](OC)(OC)OC)n1ccnc1. The van der Waals surface area contributed by atoms with Crippen molar-refractivity contribution in [2.45, 2.75) is 52.1 Å². The highest BCUT2D eigenvalue weighted by Gasteiger charge is 2.37. The summed E-state index contributed by atoms with van der Waals surface area (Å²) < 4.78 is 23.6. The summed E-state index contributed by atoms with van der Waals surface area (Å²) >= 11 is 0. The molecule has 0 saturated carbocycles. The number of carbonyl (C=O) groups is 1. The minimum atomic E-state index is -2.61. The summed E-state index contributed by atoms with van der Waals surface area (Å²) in [5.74, 6) is -0.189. The zero-order valence-electron chi connectivity index (χ0n) is 16.3. The molecular weight excluding hydrogens is 340 g/mol. The van der Waals surface area contributed by atoms with Crippen LogP contribution in [-0.4, -0.2) is 52.3 Å². The first-order chi connectivity index (χ1) is 11.8. The van der Waals surface area contributed by atoms with E-state index in [0.29, 0.717) is 25.5 Å². The highest BCUT2D eigenvalue weighted by molar-refractivity contribution is 6.60. The van der Waals surface area contributed by atoms with E-state index in [2.05, 4.69) is 11.9 Å². The Balaban J connectivity index is 2.49. The van der Waals surface area contributed by atoms with E-state index in [-0.39, 0.29) is 12.0 Å². The van der Waals surface area contributed by atoms with Crippen LogP contribution in [0, 0.1) is 5.41 Å². The lowest BCUT2D eigenvalue weighted by Crippen LogP contribution is -2.42. The van der Waals surface area contributed by atoms with Gasteiger partial charge in [-0.3, -0.25) is 4.79 Å². The second kappa shape index (κ2) is 10.1. The largest absolute Gasteiger partial charge is 0.500 e. The molecule has 25 heavy (non-hydrogen) atoms. The summed E-state index contributed by atoms with van der Waals surface area (Å²) in [7, 11) is 2.13. The summed E-state index contributed by atoms with van der Waals surface area (Å²) in [6, 6.07) is 0.831. The van der Waals surface area contributed by atoms with Crippen molar-refractivity contribution in [2.75, 3.05) is 27.9 Å². The molecule has 1 atom stereocenters. The first-order valence-electron chi connectivity index (χ1n) is 8.64. The van der Waals surface area contributed by atoms with Crippen LogP contribution in [0.15, 0.2) is 18.7 Å². The van der Waals surface area contributed by atoms with Crippen LogP contribution in [0.3, 0.4) is 0 Å². The normalized spacial score (nSPS) is 13.7. The van der Waals surface area contributed by atoms with Crippen LogP contribution in [0.4, 0.5) is 0 Å². The molecule has 1 aromatic rings. The Morgan fingerprint density at radius 1 is 1.24 bits per heavy atom. The molecule has 0 radical (unpaired) electrons. The molecule has 0 aromatic carbocycles. The molecule has 0 N–H and O–H groups in total. The molecule has 0 fully saturated rings. The highest BCUT2D eigenvalue weighted by Crippen LogP contribution is 2.31. The zero-order chi connectivity index (χ0) is 18.9. The Kier molecular flexibility index (Phi) is 8.77. The van der Waals surface area contributed by atoms with Crippen LogP contribution in [0.1, 0.15) is 46.1 Å². The van der Waals surface area contributed by atoms with Gasteiger partial charge in [0.15, 0.2) is 0 Å². The minimum absolute atomic E-state index is 0.189. The molecule has 0 aliphatic heterocycles. The van der Waals surface area contributed by atoms with E-state index in [1.165, 1.54) is 0 Å². The molecular formula is C17H32N2O5Si. The van der Waals surface area contributed by atoms with Gasteiger partial charge in [0.2, 0.25) is 0 Å².